The van der Waals surface area contributed by atoms with Gasteiger partial charge in [0, 0.05) is 43.7 Å². The molecule has 1 unspecified atom stereocenters. The molecular weight excluding hydrogens is 406 g/mol. The van der Waals surface area contributed by atoms with Crippen LogP contribution < -0.4 is 5.32 Å². The number of piperidine rings is 1. The van der Waals surface area contributed by atoms with Gasteiger partial charge in [-0.2, -0.15) is 0 Å². The number of nitrogens with one attached hydrogen (secondary N) is 1. The standard InChI is InChI=1S/C18H24BrN3O2.ClH/c1-13-4-5-15(16(19)11-13)18(24)22-8-2-3-14(12-22)17(23)21-9-6-20-7-10-21;/h4-5,11,14,20H,2-3,6-10,12H2,1H3;1H. The lowest BCUT2D eigenvalue weighted by molar-refractivity contribution is -0.137. The first-order valence-electron chi connectivity index (χ1n) is 8.61. The number of aryl methyl sites for hydroxylation is 1. The van der Waals surface area contributed by atoms with Crippen molar-refractivity contribution in [3.8, 4) is 0 Å². The smallest absolute Gasteiger partial charge is 0.255 e. The predicted octanol–water partition coefficient (Wildman–Crippen LogP) is 2.46. The summed E-state index contributed by atoms with van der Waals surface area (Å²) in [5.41, 5.74) is 1.79. The third kappa shape index (κ3) is 4.74. The van der Waals surface area contributed by atoms with Crippen molar-refractivity contribution < 1.29 is 9.59 Å². The van der Waals surface area contributed by atoms with Crippen LogP contribution in [0.2, 0.25) is 0 Å². The largest absolute Gasteiger partial charge is 0.340 e. The molecule has 138 valence electrons. The summed E-state index contributed by atoms with van der Waals surface area (Å²) in [6.07, 6.45) is 1.76. The highest BCUT2D eigenvalue weighted by molar-refractivity contribution is 9.10. The minimum Gasteiger partial charge on any atom is -0.340 e. The monoisotopic (exact) mass is 429 g/mol. The predicted molar refractivity (Wildman–Crippen MR) is 104 cm³/mol. The highest BCUT2D eigenvalue weighted by Crippen LogP contribution is 2.24. The van der Waals surface area contributed by atoms with Crippen LogP contribution >= 0.6 is 28.3 Å². The Bertz CT molecular complexity index is 635. The average Bonchev–Trinajstić information content (AvgIpc) is 2.61. The summed E-state index contributed by atoms with van der Waals surface area (Å²) in [5, 5.41) is 3.27. The van der Waals surface area contributed by atoms with Crippen LogP contribution in [0.15, 0.2) is 22.7 Å². The van der Waals surface area contributed by atoms with Crippen molar-refractivity contribution in [2.24, 2.45) is 5.92 Å². The normalized spacial score (nSPS) is 20.8. The number of hydrogen-bond acceptors (Lipinski definition) is 3. The molecule has 2 fully saturated rings. The third-order valence-corrected chi connectivity index (χ3v) is 5.50. The van der Waals surface area contributed by atoms with Crippen LogP contribution in [-0.2, 0) is 4.79 Å². The molecular formula is C18H25BrClN3O2. The highest BCUT2D eigenvalue weighted by atomic mass is 79.9. The Kier molecular flexibility index (Phi) is 7.28. The molecule has 2 heterocycles. The van der Waals surface area contributed by atoms with E-state index in [4.69, 9.17) is 0 Å². The lowest BCUT2D eigenvalue weighted by Gasteiger charge is -2.36. The lowest BCUT2D eigenvalue weighted by atomic mass is 9.95. The second-order valence-electron chi connectivity index (χ2n) is 6.65. The Morgan fingerprint density at radius 3 is 2.56 bits per heavy atom. The fourth-order valence-corrected chi connectivity index (χ4v) is 4.13. The number of carbonyl (C=O) groups is 2. The van der Waals surface area contributed by atoms with Gasteiger partial charge < -0.3 is 15.1 Å². The van der Waals surface area contributed by atoms with Gasteiger partial charge in [-0.25, -0.2) is 0 Å². The maximum absolute atomic E-state index is 12.8. The second kappa shape index (κ2) is 9.01. The molecule has 0 bridgehead atoms. The molecule has 1 N–H and O–H groups in total. The van der Waals surface area contributed by atoms with E-state index in [0.29, 0.717) is 12.1 Å². The van der Waals surface area contributed by atoms with Crippen molar-refractivity contribution in [1.82, 2.24) is 15.1 Å². The van der Waals surface area contributed by atoms with Crippen molar-refractivity contribution in [2.75, 3.05) is 39.3 Å². The van der Waals surface area contributed by atoms with E-state index in [1.807, 2.05) is 34.9 Å². The van der Waals surface area contributed by atoms with Gasteiger partial charge in [-0.3, -0.25) is 9.59 Å². The summed E-state index contributed by atoms with van der Waals surface area (Å²) < 4.78 is 0.822. The number of likely N-dealkylation sites (tertiary alicyclic amines) is 1. The number of rotatable bonds is 2. The van der Waals surface area contributed by atoms with Crippen molar-refractivity contribution in [1.29, 1.82) is 0 Å². The molecule has 7 heteroatoms. The second-order valence-corrected chi connectivity index (χ2v) is 7.50. The first kappa shape index (κ1) is 20.2. The zero-order valence-corrected chi connectivity index (χ0v) is 16.9. The summed E-state index contributed by atoms with van der Waals surface area (Å²) in [6.45, 7) is 6.52. The highest BCUT2D eigenvalue weighted by Gasteiger charge is 2.32. The quantitative estimate of drug-likeness (QED) is 0.784. The number of carbonyl (C=O) groups excluding carboxylic acids is 2. The van der Waals surface area contributed by atoms with Gasteiger partial charge in [0.05, 0.1) is 11.5 Å². The molecule has 0 saturated carbocycles. The summed E-state index contributed by atoms with van der Waals surface area (Å²) in [6, 6.07) is 5.77. The number of piperazine rings is 1. The lowest BCUT2D eigenvalue weighted by Crippen LogP contribution is -2.52. The van der Waals surface area contributed by atoms with Crippen molar-refractivity contribution in [3.63, 3.8) is 0 Å². The van der Waals surface area contributed by atoms with Crippen molar-refractivity contribution >= 4 is 40.2 Å². The Morgan fingerprint density at radius 2 is 1.88 bits per heavy atom. The number of amides is 2. The van der Waals surface area contributed by atoms with Gasteiger partial charge in [-0.1, -0.05) is 6.07 Å². The molecule has 1 aromatic rings. The van der Waals surface area contributed by atoms with Crippen LogP contribution in [0, 0.1) is 12.8 Å². The zero-order chi connectivity index (χ0) is 17.1. The molecule has 0 spiro atoms. The summed E-state index contributed by atoms with van der Waals surface area (Å²) in [5.74, 6) is 0.154. The van der Waals surface area contributed by atoms with Crippen LogP contribution in [-0.4, -0.2) is 60.9 Å². The minimum atomic E-state index is -0.0648. The maximum atomic E-state index is 12.8. The Balaban J connectivity index is 0.00000225. The fourth-order valence-electron chi connectivity index (χ4n) is 3.47. The molecule has 0 aromatic heterocycles. The van der Waals surface area contributed by atoms with Gasteiger partial charge in [0.25, 0.3) is 5.91 Å². The molecule has 0 aliphatic carbocycles. The fraction of sp³-hybridized carbons (Fsp3) is 0.556. The van der Waals surface area contributed by atoms with E-state index < -0.39 is 0 Å². The van der Waals surface area contributed by atoms with E-state index in [-0.39, 0.29) is 30.1 Å². The van der Waals surface area contributed by atoms with Crippen molar-refractivity contribution in [3.05, 3.63) is 33.8 Å². The molecule has 2 saturated heterocycles. The number of halogens is 2. The van der Waals surface area contributed by atoms with Crippen LogP contribution in [0.5, 0.6) is 0 Å². The number of hydrogen-bond donors (Lipinski definition) is 1. The van der Waals surface area contributed by atoms with E-state index in [1.54, 1.807) is 0 Å². The molecule has 5 nitrogen and oxygen atoms in total. The van der Waals surface area contributed by atoms with Gasteiger partial charge in [-0.05, 0) is 53.4 Å². The molecule has 3 rings (SSSR count). The Labute approximate surface area is 163 Å². The van der Waals surface area contributed by atoms with Crippen LogP contribution in [0.3, 0.4) is 0 Å². The van der Waals surface area contributed by atoms with Crippen molar-refractivity contribution in [2.45, 2.75) is 19.8 Å². The van der Waals surface area contributed by atoms with Gasteiger partial charge in [0.2, 0.25) is 5.91 Å². The average molecular weight is 431 g/mol. The summed E-state index contributed by atoms with van der Waals surface area (Å²) in [4.78, 5) is 29.3. The molecule has 1 aromatic carbocycles. The molecule has 2 amide bonds. The van der Waals surface area contributed by atoms with Gasteiger partial charge >= 0.3 is 0 Å². The SMILES string of the molecule is Cc1ccc(C(=O)N2CCCC(C(=O)N3CCNCC3)C2)c(Br)c1.Cl. The van der Waals surface area contributed by atoms with Gasteiger partial charge in [0.15, 0.2) is 0 Å². The Morgan fingerprint density at radius 1 is 1.16 bits per heavy atom. The Hall–Kier alpha value is -1.11. The summed E-state index contributed by atoms with van der Waals surface area (Å²) in [7, 11) is 0. The maximum Gasteiger partial charge on any atom is 0.255 e. The molecule has 25 heavy (non-hydrogen) atoms. The zero-order valence-electron chi connectivity index (χ0n) is 14.5. The van der Waals surface area contributed by atoms with Gasteiger partial charge in [-0.15, -0.1) is 12.4 Å². The molecule has 2 aliphatic heterocycles. The summed E-state index contributed by atoms with van der Waals surface area (Å²) >= 11 is 3.49. The van der Waals surface area contributed by atoms with Crippen LogP contribution in [0.4, 0.5) is 0 Å². The molecule has 2 aliphatic rings. The van der Waals surface area contributed by atoms with E-state index in [0.717, 1.165) is 55.6 Å². The van der Waals surface area contributed by atoms with Crippen LogP contribution in [0.25, 0.3) is 0 Å². The number of nitrogens with zero attached hydrogens (tertiary/aromatic N) is 2. The van der Waals surface area contributed by atoms with E-state index in [2.05, 4.69) is 21.2 Å². The van der Waals surface area contributed by atoms with E-state index in [9.17, 15) is 9.59 Å². The molecule has 0 radical (unpaired) electrons. The first-order chi connectivity index (χ1) is 11.6. The molecule has 1 atom stereocenters. The topological polar surface area (TPSA) is 52.7 Å². The van der Waals surface area contributed by atoms with Gasteiger partial charge in [0.1, 0.15) is 0 Å². The van der Waals surface area contributed by atoms with Crippen LogP contribution in [0.1, 0.15) is 28.8 Å². The van der Waals surface area contributed by atoms with E-state index in [1.165, 1.54) is 0 Å². The first-order valence-corrected chi connectivity index (χ1v) is 9.40. The van der Waals surface area contributed by atoms with E-state index >= 15 is 0 Å². The number of benzene rings is 1. The minimum absolute atomic E-state index is 0. The third-order valence-electron chi connectivity index (χ3n) is 4.84.